The van der Waals surface area contributed by atoms with Gasteiger partial charge >= 0.3 is 0 Å². The SMILES string of the molecule is Fc1ccccc1C#CC1CC12CCNCC2. The van der Waals surface area contributed by atoms with Gasteiger partial charge in [0, 0.05) is 5.92 Å². The van der Waals surface area contributed by atoms with Crippen LogP contribution in [0.15, 0.2) is 24.3 Å². The molecule has 1 unspecified atom stereocenters. The Morgan fingerprint density at radius 1 is 1.24 bits per heavy atom. The molecule has 2 fully saturated rings. The van der Waals surface area contributed by atoms with Crippen molar-refractivity contribution in [2.24, 2.45) is 11.3 Å². The van der Waals surface area contributed by atoms with Crippen LogP contribution in [0.4, 0.5) is 4.39 Å². The second kappa shape index (κ2) is 4.16. The lowest BCUT2D eigenvalue weighted by Gasteiger charge is -2.22. The van der Waals surface area contributed by atoms with E-state index in [1.54, 1.807) is 12.1 Å². The molecule has 0 radical (unpaired) electrons. The fourth-order valence-corrected chi connectivity index (χ4v) is 2.76. The lowest BCUT2D eigenvalue weighted by molar-refractivity contribution is 0.339. The Morgan fingerprint density at radius 3 is 2.76 bits per heavy atom. The number of hydrogen-bond acceptors (Lipinski definition) is 1. The first-order valence-corrected chi connectivity index (χ1v) is 6.27. The molecule has 3 rings (SSSR count). The molecule has 1 heterocycles. The van der Waals surface area contributed by atoms with E-state index in [1.165, 1.54) is 25.3 Å². The number of piperidine rings is 1. The first-order chi connectivity index (χ1) is 8.30. The van der Waals surface area contributed by atoms with Crippen LogP contribution in [0.1, 0.15) is 24.8 Å². The predicted octanol–water partition coefficient (Wildman–Crippen LogP) is 2.57. The fourth-order valence-electron chi connectivity index (χ4n) is 2.76. The molecular weight excluding hydrogens is 213 g/mol. The van der Waals surface area contributed by atoms with E-state index < -0.39 is 0 Å². The van der Waals surface area contributed by atoms with Crippen LogP contribution in [0.5, 0.6) is 0 Å². The topological polar surface area (TPSA) is 12.0 Å². The maximum absolute atomic E-state index is 13.4. The first kappa shape index (κ1) is 10.8. The van der Waals surface area contributed by atoms with Gasteiger partial charge in [0.25, 0.3) is 0 Å². The van der Waals surface area contributed by atoms with Gasteiger partial charge in [-0.1, -0.05) is 24.0 Å². The summed E-state index contributed by atoms with van der Waals surface area (Å²) < 4.78 is 13.4. The zero-order chi connectivity index (χ0) is 11.7. The van der Waals surface area contributed by atoms with E-state index in [4.69, 9.17) is 0 Å². The lowest BCUT2D eigenvalue weighted by Crippen LogP contribution is -2.29. The van der Waals surface area contributed by atoms with Crippen molar-refractivity contribution < 1.29 is 4.39 Å². The number of hydrogen-bond donors (Lipinski definition) is 1. The summed E-state index contributed by atoms with van der Waals surface area (Å²) in [5.74, 6) is 6.54. The van der Waals surface area contributed by atoms with Crippen molar-refractivity contribution in [3.63, 3.8) is 0 Å². The van der Waals surface area contributed by atoms with Gasteiger partial charge in [0.15, 0.2) is 0 Å². The van der Waals surface area contributed by atoms with E-state index in [2.05, 4.69) is 17.2 Å². The first-order valence-electron chi connectivity index (χ1n) is 6.27. The summed E-state index contributed by atoms with van der Waals surface area (Å²) in [7, 11) is 0. The molecule has 1 atom stereocenters. The van der Waals surface area contributed by atoms with Crippen LogP contribution in [0.25, 0.3) is 0 Å². The van der Waals surface area contributed by atoms with Crippen molar-refractivity contribution in [2.75, 3.05) is 13.1 Å². The number of rotatable bonds is 0. The number of benzene rings is 1. The van der Waals surface area contributed by atoms with Crippen LogP contribution in [0.3, 0.4) is 0 Å². The molecule has 1 saturated carbocycles. The van der Waals surface area contributed by atoms with E-state index >= 15 is 0 Å². The van der Waals surface area contributed by atoms with Crippen LogP contribution in [0, 0.1) is 29.0 Å². The molecule has 1 spiro atoms. The quantitative estimate of drug-likeness (QED) is 0.674. The van der Waals surface area contributed by atoms with Gasteiger partial charge in [-0.2, -0.15) is 0 Å². The maximum Gasteiger partial charge on any atom is 0.138 e. The average molecular weight is 229 g/mol. The summed E-state index contributed by atoms with van der Waals surface area (Å²) >= 11 is 0. The van der Waals surface area contributed by atoms with Gasteiger partial charge in [0.05, 0.1) is 5.56 Å². The third kappa shape index (κ3) is 2.08. The van der Waals surface area contributed by atoms with Crippen molar-refractivity contribution >= 4 is 0 Å². The molecule has 1 nitrogen and oxygen atoms in total. The summed E-state index contributed by atoms with van der Waals surface area (Å²) in [6, 6.07) is 6.75. The lowest BCUT2D eigenvalue weighted by atomic mass is 9.92. The van der Waals surface area contributed by atoms with Crippen molar-refractivity contribution in [3.05, 3.63) is 35.6 Å². The van der Waals surface area contributed by atoms with Gasteiger partial charge in [0.1, 0.15) is 5.82 Å². The standard InChI is InChI=1S/C15H16FN/c16-14-4-2-1-3-12(14)5-6-13-11-15(13)7-9-17-10-8-15/h1-4,13,17H,7-11H2. The molecule has 1 aromatic carbocycles. The minimum atomic E-state index is -0.208. The molecule has 0 amide bonds. The molecule has 1 aliphatic heterocycles. The van der Waals surface area contributed by atoms with Gasteiger partial charge in [-0.3, -0.25) is 0 Å². The van der Waals surface area contributed by atoms with E-state index in [9.17, 15) is 4.39 Å². The zero-order valence-corrected chi connectivity index (χ0v) is 9.80. The summed E-state index contributed by atoms with van der Waals surface area (Å²) in [6.07, 6.45) is 3.66. The van der Waals surface area contributed by atoms with Gasteiger partial charge < -0.3 is 5.32 Å². The highest BCUT2D eigenvalue weighted by Crippen LogP contribution is 2.58. The molecule has 2 aliphatic rings. The number of halogens is 1. The highest BCUT2D eigenvalue weighted by atomic mass is 19.1. The molecule has 1 N–H and O–H groups in total. The molecule has 0 aromatic heterocycles. The highest BCUT2D eigenvalue weighted by molar-refractivity contribution is 5.37. The van der Waals surface area contributed by atoms with Crippen LogP contribution in [-0.4, -0.2) is 13.1 Å². The Kier molecular flexibility index (Phi) is 2.64. The van der Waals surface area contributed by atoms with E-state index in [1.807, 2.05) is 6.07 Å². The fraction of sp³-hybridized carbons (Fsp3) is 0.467. The molecule has 1 aromatic rings. The third-order valence-corrected chi connectivity index (χ3v) is 4.04. The second-order valence-corrected chi connectivity index (χ2v) is 5.12. The van der Waals surface area contributed by atoms with Crippen LogP contribution in [0.2, 0.25) is 0 Å². The van der Waals surface area contributed by atoms with E-state index in [-0.39, 0.29) is 5.82 Å². The summed E-state index contributed by atoms with van der Waals surface area (Å²) in [5.41, 5.74) is 0.993. The Morgan fingerprint density at radius 2 is 2.00 bits per heavy atom. The monoisotopic (exact) mass is 229 g/mol. The van der Waals surface area contributed by atoms with Gasteiger partial charge in [-0.25, -0.2) is 4.39 Å². The van der Waals surface area contributed by atoms with Crippen molar-refractivity contribution in [1.82, 2.24) is 5.32 Å². The van der Waals surface area contributed by atoms with Crippen LogP contribution >= 0.6 is 0 Å². The summed E-state index contributed by atoms with van der Waals surface area (Å²) in [5, 5.41) is 3.38. The largest absolute Gasteiger partial charge is 0.317 e. The molecule has 1 saturated heterocycles. The molecular formula is C15H16FN. The highest BCUT2D eigenvalue weighted by Gasteiger charge is 2.53. The van der Waals surface area contributed by atoms with Crippen molar-refractivity contribution in [1.29, 1.82) is 0 Å². The van der Waals surface area contributed by atoms with Crippen molar-refractivity contribution in [3.8, 4) is 11.8 Å². The van der Waals surface area contributed by atoms with E-state index in [0.29, 0.717) is 16.9 Å². The Hall–Kier alpha value is -1.33. The van der Waals surface area contributed by atoms with Crippen LogP contribution < -0.4 is 5.32 Å². The molecule has 88 valence electrons. The second-order valence-electron chi connectivity index (χ2n) is 5.12. The Balaban J connectivity index is 1.72. The molecule has 2 heteroatoms. The van der Waals surface area contributed by atoms with Gasteiger partial charge in [-0.05, 0) is 49.9 Å². The van der Waals surface area contributed by atoms with Gasteiger partial charge in [0.2, 0.25) is 0 Å². The average Bonchev–Trinajstić information content (AvgIpc) is 3.02. The van der Waals surface area contributed by atoms with Gasteiger partial charge in [-0.15, -0.1) is 0 Å². The smallest absolute Gasteiger partial charge is 0.138 e. The van der Waals surface area contributed by atoms with E-state index in [0.717, 1.165) is 13.1 Å². The maximum atomic E-state index is 13.4. The summed E-state index contributed by atoms with van der Waals surface area (Å²) in [6.45, 7) is 2.22. The van der Waals surface area contributed by atoms with Crippen molar-refractivity contribution in [2.45, 2.75) is 19.3 Å². The zero-order valence-electron chi connectivity index (χ0n) is 9.80. The summed E-state index contributed by atoms with van der Waals surface area (Å²) in [4.78, 5) is 0. The minimum absolute atomic E-state index is 0.208. The normalized spacial score (nSPS) is 25.1. The number of nitrogens with one attached hydrogen (secondary N) is 1. The molecule has 1 aliphatic carbocycles. The molecule has 0 bridgehead atoms. The third-order valence-electron chi connectivity index (χ3n) is 4.04. The molecule has 17 heavy (non-hydrogen) atoms. The minimum Gasteiger partial charge on any atom is -0.317 e. The van der Waals surface area contributed by atoms with Crippen LogP contribution in [-0.2, 0) is 0 Å². The Bertz CT molecular complexity index is 477. The predicted molar refractivity (Wildman–Crippen MR) is 65.9 cm³/mol. The Labute approximate surface area is 101 Å².